The molecule has 1 aromatic heterocycles. The van der Waals surface area contributed by atoms with Crippen molar-refractivity contribution >= 4 is 17.5 Å². The summed E-state index contributed by atoms with van der Waals surface area (Å²) in [6.45, 7) is 5.65. The van der Waals surface area contributed by atoms with Gasteiger partial charge in [-0.15, -0.1) is 0 Å². The highest BCUT2D eigenvalue weighted by Crippen LogP contribution is 2.33. The standard InChI is InChI=1S/C13H17N3OS/c1-3-9-14-13-12(15-18-16-13)10-7-5-6-8-11(10)17-4-2/h5-8H,3-4,9H2,1-2H3,(H,14,16). The molecule has 0 saturated heterocycles. The van der Waals surface area contributed by atoms with Gasteiger partial charge in [0.05, 0.1) is 18.3 Å². The highest BCUT2D eigenvalue weighted by Gasteiger charge is 2.14. The van der Waals surface area contributed by atoms with Crippen LogP contribution >= 0.6 is 11.7 Å². The highest BCUT2D eigenvalue weighted by molar-refractivity contribution is 6.99. The summed E-state index contributed by atoms with van der Waals surface area (Å²) in [6.07, 6.45) is 1.06. The van der Waals surface area contributed by atoms with E-state index < -0.39 is 0 Å². The molecule has 5 heteroatoms. The molecule has 18 heavy (non-hydrogen) atoms. The number of nitrogens with zero attached hydrogens (tertiary/aromatic N) is 2. The van der Waals surface area contributed by atoms with Crippen molar-refractivity contribution in [3.8, 4) is 17.0 Å². The van der Waals surface area contributed by atoms with E-state index in [1.807, 2.05) is 31.2 Å². The van der Waals surface area contributed by atoms with Gasteiger partial charge in [0.25, 0.3) is 0 Å². The minimum atomic E-state index is 0.645. The first-order valence-electron chi connectivity index (χ1n) is 6.15. The first-order valence-corrected chi connectivity index (χ1v) is 6.88. The summed E-state index contributed by atoms with van der Waals surface area (Å²) in [6, 6.07) is 7.93. The summed E-state index contributed by atoms with van der Waals surface area (Å²) in [7, 11) is 0. The smallest absolute Gasteiger partial charge is 0.168 e. The Morgan fingerprint density at radius 1 is 1.22 bits per heavy atom. The van der Waals surface area contributed by atoms with Crippen LogP contribution in [0.25, 0.3) is 11.3 Å². The van der Waals surface area contributed by atoms with Gasteiger partial charge in [0, 0.05) is 12.1 Å². The van der Waals surface area contributed by atoms with Crippen LogP contribution in [0.3, 0.4) is 0 Å². The van der Waals surface area contributed by atoms with Gasteiger partial charge in [-0.3, -0.25) is 0 Å². The molecule has 0 aliphatic heterocycles. The molecule has 0 bridgehead atoms. The van der Waals surface area contributed by atoms with E-state index in [2.05, 4.69) is 21.0 Å². The molecule has 0 unspecified atom stereocenters. The largest absolute Gasteiger partial charge is 0.493 e. The third-order valence-electron chi connectivity index (χ3n) is 2.47. The lowest BCUT2D eigenvalue weighted by molar-refractivity contribution is 0.341. The minimum absolute atomic E-state index is 0.645. The Balaban J connectivity index is 2.33. The number of rotatable bonds is 6. The molecule has 0 fully saturated rings. The van der Waals surface area contributed by atoms with Crippen LogP contribution < -0.4 is 10.1 Å². The zero-order valence-corrected chi connectivity index (χ0v) is 11.5. The lowest BCUT2D eigenvalue weighted by Gasteiger charge is -2.09. The number of ether oxygens (including phenoxy) is 1. The molecule has 0 aliphatic rings. The van der Waals surface area contributed by atoms with Crippen molar-refractivity contribution in [3.63, 3.8) is 0 Å². The third kappa shape index (κ3) is 2.79. The highest BCUT2D eigenvalue weighted by atomic mass is 32.1. The first kappa shape index (κ1) is 12.8. The van der Waals surface area contributed by atoms with Crippen molar-refractivity contribution in [3.05, 3.63) is 24.3 Å². The maximum absolute atomic E-state index is 5.63. The van der Waals surface area contributed by atoms with Gasteiger partial charge in [-0.05, 0) is 25.5 Å². The summed E-state index contributed by atoms with van der Waals surface area (Å²) in [5, 5.41) is 3.29. The van der Waals surface area contributed by atoms with Gasteiger partial charge in [0.15, 0.2) is 5.82 Å². The Hall–Kier alpha value is -1.62. The maximum atomic E-state index is 5.63. The Morgan fingerprint density at radius 3 is 2.83 bits per heavy atom. The van der Waals surface area contributed by atoms with Crippen molar-refractivity contribution in [1.82, 2.24) is 8.75 Å². The molecule has 0 atom stereocenters. The molecule has 0 radical (unpaired) electrons. The molecule has 2 rings (SSSR count). The van der Waals surface area contributed by atoms with E-state index in [1.54, 1.807) is 0 Å². The number of para-hydroxylation sites is 1. The van der Waals surface area contributed by atoms with Crippen molar-refractivity contribution in [1.29, 1.82) is 0 Å². The van der Waals surface area contributed by atoms with Gasteiger partial charge in [0.2, 0.25) is 0 Å². The third-order valence-corrected chi connectivity index (χ3v) is 3.00. The Morgan fingerprint density at radius 2 is 2.06 bits per heavy atom. The second-order valence-corrected chi connectivity index (χ2v) is 4.35. The molecule has 1 N–H and O–H groups in total. The lowest BCUT2D eigenvalue weighted by atomic mass is 10.1. The van der Waals surface area contributed by atoms with Crippen molar-refractivity contribution in [2.75, 3.05) is 18.5 Å². The van der Waals surface area contributed by atoms with Crippen LogP contribution in [0.2, 0.25) is 0 Å². The average Bonchev–Trinajstić information content (AvgIpc) is 2.85. The summed E-state index contributed by atoms with van der Waals surface area (Å²) < 4.78 is 14.3. The summed E-state index contributed by atoms with van der Waals surface area (Å²) in [5.41, 5.74) is 1.87. The monoisotopic (exact) mass is 263 g/mol. The van der Waals surface area contributed by atoms with Crippen LogP contribution in [-0.2, 0) is 0 Å². The number of benzene rings is 1. The van der Waals surface area contributed by atoms with E-state index in [-0.39, 0.29) is 0 Å². The molecule has 0 saturated carbocycles. The van der Waals surface area contributed by atoms with Gasteiger partial charge >= 0.3 is 0 Å². The zero-order chi connectivity index (χ0) is 12.8. The summed E-state index contributed by atoms with van der Waals surface area (Å²) in [5.74, 6) is 1.70. The van der Waals surface area contributed by atoms with Crippen molar-refractivity contribution in [2.24, 2.45) is 0 Å². The maximum Gasteiger partial charge on any atom is 0.168 e. The van der Waals surface area contributed by atoms with Crippen LogP contribution in [0.5, 0.6) is 5.75 Å². The van der Waals surface area contributed by atoms with Gasteiger partial charge in [0.1, 0.15) is 11.4 Å². The Kier molecular flexibility index (Phi) is 4.52. The molecule has 96 valence electrons. The molecular weight excluding hydrogens is 246 g/mol. The summed E-state index contributed by atoms with van der Waals surface area (Å²) in [4.78, 5) is 0. The molecule has 2 aromatic rings. The fourth-order valence-corrected chi connectivity index (χ4v) is 2.21. The predicted molar refractivity (Wildman–Crippen MR) is 75.3 cm³/mol. The van der Waals surface area contributed by atoms with Gasteiger partial charge in [-0.1, -0.05) is 19.1 Å². The molecule has 1 aromatic carbocycles. The molecule has 0 amide bonds. The molecule has 0 spiro atoms. The quantitative estimate of drug-likeness (QED) is 0.867. The number of nitrogens with one attached hydrogen (secondary N) is 1. The van der Waals surface area contributed by atoms with Crippen LogP contribution in [0.15, 0.2) is 24.3 Å². The summed E-state index contributed by atoms with van der Waals surface area (Å²) >= 11 is 1.22. The zero-order valence-electron chi connectivity index (χ0n) is 10.6. The van der Waals surface area contributed by atoms with E-state index in [1.165, 1.54) is 11.7 Å². The van der Waals surface area contributed by atoms with E-state index in [9.17, 15) is 0 Å². The first-order chi connectivity index (χ1) is 8.86. The van der Waals surface area contributed by atoms with Crippen LogP contribution in [0.4, 0.5) is 5.82 Å². The van der Waals surface area contributed by atoms with Crippen molar-refractivity contribution < 1.29 is 4.74 Å². The fraction of sp³-hybridized carbons (Fsp3) is 0.385. The van der Waals surface area contributed by atoms with E-state index in [0.29, 0.717) is 6.61 Å². The van der Waals surface area contributed by atoms with Crippen LogP contribution in [0.1, 0.15) is 20.3 Å². The van der Waals surface area contributed by atoms with Gasteiger partial charge in [-0.2, -0.15) is 8.75 Å². The SMILES string of the molecule is CCCNc1nsnc1-c1ccccc1OCC. The molecular formula is C13H17N3OS. The van der Waals surface area contributed by atoms with E-state index in [0.717, 1.165) is 35.8 Å². The topological polar surface area (TPSA) is 47.0 Å². The molecule has 4 nitrogen and oxygen atoms in total. The normalized spacial score (nSPS) is 10.3. The van der Waals surface area contributed by atoms with Crippen molar-refractivity contribution in [2.45, 2.75) is 20.3 Å². The predicted octanol–water partition coefficient (Wildman–Crippen LogP) is 3.43. The lowest BCUT2D eigenvalue weighted by Crippen LogP contribution is -2.02. The fourth-order valence-electron chi connectivity index (χ4n) is 1.67. The second kappa shape index (κ2) is 6.35. The van der Waals surface area contributed by atoms with E-state index in [4.69, 9.17) is 4.74 Å². The minimum Gasteiger partial charge on any atom is -0.493 e. The molecule has 1 heterocycles. The van der Waals surface area contributed by atoms with Gasteiger partial charge in [-0.25, -0.2) is 0 Å². The Bertz CT molecular complexity index is 498. The number of hydrogen-bond donors (Lipinski definition) is 1. The number of anilines is 1. The Labute approximate surface area is 111 Å². The van der Waals surface area contributed by atoms with Crippen LogP contribution in [-0.4, -0.2) is 21.9 Å². The number of hydrogen-bond acceptors (Lipinski definition) is 5. The number of aromatic nitrogens is 2. The molecule has 0 aliphatic carbocycles. The van der Waals surface area contributed by atoms with E-state index >= 15 is 0 Å². The average molecular weight is 263 g/mol. The van der Waals surface area contributed by atoms with Crippen LogP contribution in [0, 0.1) is 0 Å². The second-order valence-electron chi connectivity index (χ2n) is 3.82. The van der Waals surface area contributed by atoms with Gasteiger partial charge < -0.3 is 10.1 Å².